The van der Waals surface area contributed by atoms with E-state index in [1.807, 2.05) is 6.92 Å². The van der Waals surface area contributed by atoms with Crippen molar-refractivity contribution in [1.29, 1.82) is 0 Å². The smallest absolute Gasteiger partial charge is 0.255 e. The van der Waals surface area contributed by atoms with Crippen molar-refractivity contribution < 1.29 is 13.2 Å². The molecule has 0 spiro atoms. The summed E-state index contributed by atoms with van der Waals surface area (Å²) >= 11 is 0. The normalized spacial score (nSPS) is 21.7. The third-order valence-electron chi connectivity index (χ3n) is 4.50. The van der Waals surface area contributed by atoms with Crippen molar-refractivity contribution in [1.82, 2.24) is 20.1 Å². The van der Waals surface area contributed by atoms with Crippen LogP contribution in [0.15, 0.2) is 35.6 Å². The van der Waals surface area contributed by atoms with Crippen molar-refractivity contribution in [2.45, 2.75) is 30.1 Å². The Kier molecular flexibility index (Phi) is 4.16. The second-order valence-electron chi connectivity index (χ2n) is 6.51. The van der Waals surface area contributed by atoms with Crippen molar-refractivity contribution in [3.63, 3.8) is 0 Å². The summed E-state index contributed by atoms with van der Waals surface area (Å²) in [5, 5.41) is 6.76. The molecule has 3 rings (SSSR count). The Bertz CT molecular complexity index is 847. The molecular formula is C16H20N4O3S. The van der Waals surface area contributed by atoms with Crippen LogP contribution in [0.4, 0.5) is 0 Å². The maximum absolute atomic E-state index is 12.7. The molecule has 0 radical (unpaired) electrons. The van der Waals surface area contributed by atoms with Crippen molar-refractivity contribution in [2.24, 2.45) is 0 Å². The number of hydrogen-bond acceptors (Lipinski definition) is 5. The number of carbonyl (C=O) groups is 1. The van der Waals surface area contributed by atoms with Crippen LogP contribution < -0.4 is 0 Å². The number of rotatable bonds is 3. The number of sulfone groups is 1. The molecule has 1 amide bonds. The second-order valence-corrected chi connectivity index (χ2v) is 8.50. The van der Waals surface area contributed by atoms with Crippen molar-refractivity contribution in [3.8, 4) is 0 Å². The first-order valence-electron chi connectivity index (χ1n) is 7.74. The fourth-order valence-electron chi connectivity index (χ4n) is 3.28. The number of amides is 1. The SMILES string of the molecule is C[C@]1(c2[nH]ncc2S(C)(=O)=O)CCCN(C(=O)c2cccnc2)C1. The molecule has 1 atom stereocenters. The average molecular weight is 348 g/mol. The summed E-state index contributed by atoms with van der Waals surface area (Å²) in [7, 11) is -3.37. The average Bonchev–Trinajstić information content (AvgIpc) is 3.06. The maximum Gasteiger partial charge on any atom is 0.255 e. The number of pyridine rings is 1. The van der Waals surface area contributed by atoms with Gasteiger partial charge in [0.05, 0.1) is 17.5 Å². The van der Waals surface area contributed by atoms with Crippen molar-refractivity contribution >= 4 is 15.7 Å². The third kappa shape index (κ3) is 3.06. The summed E-state index contributed by atoms with van der Waals surface area (Å²) in [6.07, 6.45) is 7.27. The van der Waals surface area contributed by atoms with Gasteiger partial charge in [0.25, 0.3) is 5.91 Å². The van der Waals surface area contributed by atoms with Crippen molar-refractivity contribution in [2.75, 3.05) is 19.3 Å². The molecule has 0 aromatic carbocycles. The monoisotopic (exact) mass is 348 g/mol. The number of nitrogens with one attached hydrogen (secondary N) is 1. The topological polar surface area (TPSA) is 96.0 Å². The van der Waals surface area contributed by atoms with Gasteiger partial charge in [0.2, 0.25) is 0 Å². The molecule has 2 aromatic rings. The number of H-pyrrole nitrogens is 1. The molecule has 24 heavy (non-hydrogen) atoms. The zero-order valence-corrected chi connectivity index (χ0v) is 14.5. The Morgan fingerprint density at radius 3 is 2.83 bits per heavy atom. The summed E-state index contributed by atoms with van der Waals surface area (Å²) in [5.41, 5.74) is 0.633. The summed E-state index contributed by atoms with van der Waals surface area (Å²) in [4.78, 5) is 18.6. The molecular weight excluding hydrogens is 328 g/mol. The Balaban J connectivity index is 1.90. The van der Waals surface area contributed by atoms with Crippen LogP contribution in [0.5, 0.6) is 0 Å². The Morgan fingerprint density at radius 1 is 1.38 bits per heavy atom. The molecule has 7 nitrogen and oxygen atoms in total. The lowest BCUT2D eigenvalue weighted by Crippen LogP contribution is -2.47. The van der Waals surface area contributed by atoms with E-state index in [4.69, 9.17) is 0 Å². The third-order valence-corrected chi connectivity index (χ3v) is 5.61. The van der Waals surface area contributed by atoms with Crippen LogP contribution in [0.3, 0.4) is 0 Å². The van der Waals surface area contributed by atoms with Gasteiger partial charge in [0.15, 0.2) is 9.84 Å². The summed E-state index contributed by atoms with van der Waals surface area (Å²) < 4.78 is 24.0. The van der Waals surface area contributed by atoms with Crippen LogP contribution in [-0.4, -0.2) is 53.8 Å². The predicted octanol–water partition coefficient (Wildman–Crippen LogP) is 1.40. The highest BCUT2D eigenvalue weighted by Crippen LogP contribution is 2.36. The molecule has 0 unspecified atom stereocenters. The molecule has 1 saturated heterocycles. The van der Waals surface area contributed by atoms with Gasteiger partial charge in [-0.25, -0.2) is 8.42 Å². The summed E-state index contributed by atoms with van der Waals surface area (Å²) in [5.74, 6) is -0.0885. The molecule has 0 saturated carbocycles. The van der Waals surface area contributed by atoms with Gasteiger partial charge in [0, 0.05) is 37.2 Å². The van der Waals surface area contributed by atoms with E-state index in [9.17, 15) is 13.2 Å². The van der Waals surface area contributed by atoms with E-state index >= 15 is 0 Å². The maximum atomic E-state index is 12.7. The zero-order chi connectivity index (χ0) is 17.4. The van der Waals surface area contributed by atoms with E-state index < -0.39 is 15.3 Å². The molecule has 2 aromatic heterocycles. The van der Waals surface area contributed by atoms with Crippen LogP contribution >= 0.6 is 0 Å². The number of carbonyl (C=O) groups excluding carboxylic acids is 1. The minimum atomic E-state index is -3.37. The summed E-state index contributed by atoms with van der Waals surface area (Å²) in [6.45, 7) is 3.05. The highest BCUT2D eigenvalue weighted by Gasteiger charge is 2.39. The van der Waals surface area contributed by atoms with E-state index in [0.717, 1.165) is 12.8 Å². The molecule has 1 N–H and O–H groups in total. The van der Waals surface area contributed by atoms with E-state index in [1.165, 1.54) is 12.5 Å². The molecule has 3 heterocycles. The number of likely N-dealkylation sites (tertiary alicyclic amines) is 1. The van der Waals surface area contributed by atoms with Crippen molar-refractivity contribution in [3.05, 3.63) is 42.0 Å². The largest absolute Gasteiger partial charge is 0.338 e. The fraction of sp³-hybridized carbons (Fsp3) is 0.438. The first-order valence-corrected chi connectivity index (χ1v) is 9.64. The van der Waals surface area contributed by atoms with Gasteiger partial charge in [-0.05, 0) is 25.0 Å². The lowest BCUT2D eigenvalue weighted by molar-refractivity contribution is 0.0645. The number of nitrogens with zero attached hydrogens (tertiary/aromatic N) is 3. The van der Waals surface area contributed by atoms with Gasteiger partial charge >= 0.3 is 0 Å². The predicted molar refractivity (Wildman–Crippen MR) is 88.4 cm³/mol. The first kappa shape index (κ1) is 16.6. The Labute approximate surface area is 141 Å². The van der Waals surface area contributed by atoms with Crippen LogP contribution in [0.25, 0.3) is 0 Å². The lowest BCUT2D eigenvalue weighted by atomic mass is 9.79. The number of aromatic nitrogens is 3. The lowest BCUT2D eigenvalue weighted by Gasteiger charge is -2.40. The van der Waals surface area contributed by atoms with Gasteiger partial charge in [0.1, 0.15) is 4.90 Å². The molecule has 128 valence electrons. The highest BCUT2D eigenvalue weighted by molar-refractivity contribution is 7.90. The van der Waals surface area contributed by atoms with Crippen LogP contribution in [0.1, 0.15) is 35.8 Å². The van der Waals surface area contributed by atoms with Crippen LogP contribution in [-0.2, 0) is 15.3 Å². The Hall–Kier alpha value is -2.22. The Morgan fingerprint density at radius 2 is 2.17 bits per heavy atom. The van der Waals surface area contributed by atoms with Gasteiger partial charge in [-0.3, -0.25) is 14.9 Å². The molecule has 0 bridgehead atoms. The quantitative estimate of drug-likeness (QED) is 0.904. The van der Waals surface area contributed by atoms with Crippen LogP contribution in [0, 0.1) is 0 Å². The molecule has 1 fully saturated rings. The second kappa shape index (κ2) is 6.01. The van der Waals surface area contributed by atoms with E-state index in [2.05, 4.69) is 15.2 Å². The zero-order valence-electron chi connectivity index (χ0n) is 13.7. The van der Waals surface area contributed by atoms with Gasteiger partial charge in [-0.15, -0.1) is 0 Å². The number of piperidine rings is 1. The number of aromatic amines is 1. The molecule has 0 aliphatic carbocycles. The number of hydrogen-bond donors (Lipinski definition) is 1. The molecule has 8 heteroatoms. The molecule has 1 aliphatic rings. The van der Waals surface area contributed by atoms with E-state index in [-0.39, 0.29) is 10.8 Å². The van der Waals surface area contributed by atoms with Gasteiger partial charge in [-0.2, -0.15) is 5.10 Å². The van der Waals surface area contributed by atoms with Gasteiger partial charge in [-0.1, -0.05) is 6.92 Å². The summed E-state index contributed by atoms with van der Waals surface area (Å²) in [6, 6.07) is 3.46. The first-order chi connectivity index (χ1) is 11.3. The highest BCUT2D eigenvalue weighted by atomic mass is 32.2. The van der Waals surface area contributed by atoms with E-state index in [0.29, 0.717) is 24.3 Å². The molecule has 1 aliphatic heterocycles. The van der Waals surface area contributed by atoms with E-state index in [1.54, 1.807) is 29.4 Å². The van der Waals surface area contributed by atoms with Gasteiger partial charge < -0.3 is 4.90 Å². The minimum Gasteiger partial charge on any atom is -0.338 e. The fourth-order valence-corrected chi connectivity index (χ4v) is 4.18. The minimum absolute atomic E-state index is 0.0885. The standard InChI is InChI=1S/C16H20N4O3S/c1-16(14-13(10-18-19-14)24(2,22)23)6-4-8-20(11-16)15(21)12-5-3-7-17-9-12/h3,5,7,9-10H,4,6,8,11H2,1-2H3,(H,18,19)/t16-/m0/s1. The van der Waals surface area contributed by atoms with Crippen LogP contribution in [0.2, 0.25) is 0 Å².